The SMILES string of the molecule is Cc1nc2nc([C@H]3CCO[C@@H](c4ccc(=O)[nH]c4)C3)nc(C34CC(C(F)(F)F)(C3)C4)c2cc1C(F)(F)F. The molecule has 196 valence electrons. The number of aromatic amines is 1. The van der Waals surface area contributed by atoms with Crippen molar-refractivity contribution in [3.05, 3.63) is 63.1 Å². The van der Waals surface area contributed by atoms with Gasteiger partial charge in [0.05, 0.1) is 28.5 Å². The number of hydrogen-bond acceptors (Lipinski definition) is 5. The number of aromatic nitrogens is 4. The molecule has 4 fully saturated rings. The lowest BCUT2D eigenvalue weighted by atomic mass is 9.33. The summed E-state index contributed by atoms with van der Waals surface area (Å²) in [6.07, 6.45) is -7.46. The van der Waals surface area contributed by atoms with Crippen LogP contribution in [0.4, 0.5) is 26.3 Å². The average molecular weight is 524 g/mol. The molecule has 0 unspecified atom stereocenters. The van der Waals surface area contributed by atoms with Crippen molar-refractivity contribution in [2.45, 2.75) is 68.8 Å². The summed E-state index contributed by atoms with van der Waals surface area (Å²) >= 11 is 0. The van der Waals surface area contributed by atoms with E-state index in [0.717, 1.165) is 11.6 Å². The molecule has 0 spiro atoms. The van der Waals surface area contributed by atoms with Gasteiger partial charge >= 0.3 is 12.4 Å². The van der Waals surface area contributed by atoms with Crippen LogP contribution in [-0.4, -0.2) is 32.7 Å². The topological polar surface area (TPSA) is 80.8 Å². The van der Waals surface area contributed by atoms with Gasteiger partial charge in [-0.2, -0.15) is 26.3 Å². The van der Waals surface area contributed by atoms with E-state index in [9.17, 15) is 31.1 Å². The van der Waals surface area contributed by atoms with Crippen molar-refractivity contribution >= 4 is 11.0 Å². The first-order valence-corrected chi connectivity index (χ1v) is 11.9. The minimum Gasteiger partial charge on any atom is -0.373 e. The molecule has 2 atom stereocenters. The van der Waals surface area contributed by atoms with Gasteiger partial charge in [0.1, 0.15) is 5.82 Å². The molecule has 3 aliphatic carbocycles. The number of nitrogens with zero attached hydrogens (tertiary/aromatic N) is 3. The molecule has 1 saturated heterocycles. The number of fused-ring (bicyclic) bond motifs is 1. The Morgan fingerprint density at radius 2 is 1.78 bits per heavy atom. The Bertz CT molecular complexity index is 1420. The standard InChI is InChI=1S/C25H22F6N4O2/c1-12-16(24(26,27)28)7-15-19(22-9-23(10-22,11-22)25(29,30)31)34-20(35-21(15)33-12)13-4-5-37-17(6-13)14-2-3-18(36)32-8-14/h2-3,7-8,13,17H,4-6,9-11H2,1H3,(H,32,36)/t13-,17+,22?,23?/m0/s1. The smallest absolute Gasteiger partial charge is 0.373 e. The molecule has 12 heteroatoms. The highest BCUT2D eigenvalue weighted by molar-refractivity contribution is 5.81. The lowest BCUT2D eigenvalue weighted by Gasteiger charge is -2.70. The largest absolute Gasteiger partial charge is 0.418 e. The Morgan fingerprint density at radius 3 is 2.41 bits per heavy atom. The number of halogens is 6. The Hall–Kier alpha value is -3.02. The molecule has 3 saturated carbocycles. The zero-order valence-corrected chi connectivity index (χ0v) is 19.6. The van der Waals surface area contributed by atoms with Crippen LogP contribution >= 0.6 is 0 Å². The maximum absolute atomic E-state index is 13.7. The van der Waals surface area contributed by atoms with Gasteiger partial charge in [-0.25, -0.2) is 15.0 Å². The van der Waals surface area contributed by atoms with Gasteiger partial charge < -0.3 is 9.72 Å². The molecule has 1 aliphatic heterocycles. The third-order valence-corrected chi connectivity index (χ3v) is 8.16. The van der Waals surface area contributed by atoms with E-state index in [1.54, 1.807) is 12.3 Å². The first-order chi connectivity index (χ1) is 17.3. The first kappa shape index (κ1) is 24.3. The second-order valence-corrected chi connectivity index (χ2v) is 10.6. The Kier molecular flexibility index (Phi) is 5.09. The molecule has 4 aliphatic rings. The molecule has 3 aromatic rings. The minimum absolute atomic E-state index is 0.0568. The maximum Gasteiger partial charge on any atom is 0.418 e. The predicted molar refractivity (Wildman–Crippen MR) is 119 cm³/mol. The number of alkyl halides is 6. The third-order valence-electron chi connectivity index (χ3n) is 8.16. The van der Waals surface area contributed by atoms with Crippen molar-refractivity contribution in [3.8, 4) is 0 Å². The van der Waals surface area contributed by atoms with Gasteiger partial charge in [-0.1, -0.05) is 0 Å². The number of aryl methyl sites for hydroxylation is 1. The van der Waals surface area contributed by atoms with E-state index in [1.165, 1.54) is 13.0 Å². The summed E-state index contributed by atoms with van der Waals surface area (Å²) in [6, 6.07) is 3.97. The van der Waals surface area contributed by atoms with Gasteiger partial charge in [-0.05, 0) is 56.7 Å². The van der Waals surface area contributed by atoms with Crippen molar-refractivity contribution in [1.29, 1.82) is 0 Å². The van der Waals surface area contributed by atoms with E-state index in [-0.39, 0.29) is 59.3 Å². The van der Waals surface area contributed by atoms with Crippen LogP contribution in [0.15, 0.2) is 29.2 Å². The van der Waals surface area contributed by atoms with Crippen molar-refractivity contribution < 1.29 is 31.1 Å². The quantitative estimate of drug-likeness (QED) is 0.448. The van der Waals surface area contributed by atoms with E-state index in [0.29, 0.717) is 25.3 Å². The fourth-order valence-electron chi connectivity index (χ4n) is 6.26. The molecule has 6 nitrogen and oxygen atoms in total. The van der Waals surface area contributed by atoms with Crippen LogP contribution in [0.1, 0.15) is 72.5 Å². The van der Waals surface area contributed by atoms with E-state index in [2.05, 4.69) is 19.9 Å². The number of H-pyrrole nitrogens is 1. The second kappa shape index (κ2) is 7.75. The molecular formula is C25H22F6N4O2. The first-order valence-electron chi connectivity index (χ1n) is 11.9. The van der Waals surface area contributed by atoms with Crippen LogP contribution in [0.2, 0.25) is 0 Å². The van der Waals surface area contributed by atoms with Crippen molar-refractivity contribution in [2.75, 3.05) is 6.61 Å². The summed E-state index contributed by atoms with van der Waals surface area (Å²) < 4.78 is 87.5. The minimum atomic E-state index is -4.67. The van der Waals surface area contributed by atoms with E-state index < -0.39 is 28.7 Å². The fourth-order valence-corrected chi connectivity index (χ4v) is 6.26. The molecule has 1 N–H and O–H groups in total. The van der Waals surface area contributed by atoms with Gasteiger partial charge in [0, 0.05) is 35.6 Å². The molecule has 3 aromatic heterocycles. The molecule has 0 radical (unpaired) electrons. The fraction of sp³-hybridized carbons (Fsp3) is 0.520. The Morgan fingerprint density at radius 1 is 1.05 bits per heavy atom. The molecule has 0 aromatic carbocycles. The summed E-state index contributed by atoms with van der Waals surface area (Å²) in [5.74, 6) is 0.0971. The molecule has 4 heterocycles. The highest BCUT2D eigenvalue weighted by atomic mass is 19.4. The normalized spacial score (nSPS) is 29.6. The molecule has 0 amide bonds. The van der Waals surface area contributed by atoms with Gasteiger partial charge in [0.25, 0.3) is 0 Å². The van der Waals surface area contributed by atoms with E-state index in [1.807, 2.05) is 0 Å². The zero-order valence-electron chi connectivity index (χ0n) is 19.6. The molecular weight excluding hydrogens is 502 g/mol. The van der Waals surface area contributed by atoms with Crippen LogP contribution in [0, 0.1) is 12.3 Å². The highest BCUT2D eigenvalue weighted by Crippen LogP contribution is 2.78. The van der Waals surface area contributed by atoms with E-state index in [4.69, 9.17) is 4.74 Å². The summed E-state index contributed by atoms with van der Waals surface area (Å²) in [5, 5.41) is 0.0568. The number of ether oxygens (including phenoxy) is 1. The maximum atomic E-state index is 13.7. The molecule has 7 rings (SSSR count). The summed E-state index contributed by atoms with van der Waals surface area (Å²) in [5.41, 5.74) is -3.14. The van der Waals surface area contributed by atoms with Gasteiger partial charge in [0.15, 0.2) is 5.65 Å². The van der Waals surface area contributed by atoms with Crippen molar-refractivity contribution in [1.82, 2.24) is 19.9 Å². The van der Waals surface area contributed by atoms with Gasteiger partial charge in [-0.3, -0.25) is 4.79 Å². The van der Waals surface area contributed by atoms with Crippen LogP contribution in [0.5, 0.6) is 0 Å². The third kappa shape index (κ3) is 3.74. The van der Waals surface area contributed by atoms with Crippen LogP contribution in [-0.2, 0) is 16.3 Å². The molecule has 2 bridgehead atoms. The van der Waals surface area contributed by atoms with Crippen LogP contribution < -0.4 is 5.56 Å². The number of nitrogens with one attached hydrogen (secondary N) is 1. The van der Waals surface area contributed by atoms with Crippen molar-refractivity contribution in [2.24, 2.45) is 5.41 Å². The number of rotatable bonds is 3. The lowest BCUT2D eigenvalue weighted by Crippen LogP contribution is -2.70. The number of hydrogen-bond donors (Lipinski definition) is 1. The predicted octanol–water partition coefficient (Wildman–Crippen LogP) is 5.66. The average Bonchev–Trinajstić information content (AvgIpc) is 2.75. The summed E-state index contributed by atoms with van der Waals surface area (Å²) in [4.78, 5) is 27.3. The molecule has 37 heavy (non-hydrogen) atoms. The van der Waals surface area contributed by atoms with Crippen LogP contribution in [0.25, 0.3) is 11.0 Å². The summed E-state index contributed by atoms with van der Waals surface area (Å²) in [6.45, 7) is 1.59. The second-order valence-electron chi connectivity index (χ2n) is 10.6. The Labute approximate surface area is 206 Å². The van der Waals surface area contributed by atoms with Gasteiger partial charge in [-0.15, -0.1) is 0 Å². The van der Waals surface area contributed by atoms with Crippen molar-refractivity contribution in [3.63, 3.8) is 0 Å². The zero-order chi connectivity index (χ0) is 26.4. The number of pyridine rings is 2. The Balaban J connectivity index is 1.42. The van der Waals surface area contributed by atoms with Gasteiger partial charge in [0.2, 0.25) is 5.56 Å². The highest BCUT2D eigenvalue weighted by Gasteiger charge is 2.79. The summed E-state index contributed by atoms with van der Waals surface area (Å²) in [7, 11) is 0. The lowest BCUT2D eigenvalue weighted by molar-refractivity contribution is -0.337. The van der Waals surface area contributed by atoms with Crippen LogP contribution in [0.3, 0.4) is 0 Å². The monoisotopic (exact) mass is 524 g/mol. The van der Waals surface area contributed by atoms with E-state index >= 15 is 0 Å².